The van der Waals surface area contributed by atoms with Crippen molar-refractivity contribution in [2.45, 2.75) is 18.6 Å². The zero-order valence-electron chi connectivity index (χ0n) is 14.5. The smallest absolute Gasteiger partial charge is 0.270 e. The van der Waals surface area contributed by atoms with Gasteiger partial charge in [-0.1, -0.05) is 36.0 Å². The lowest BCUT2D eigenvalue weighted by Gasteiger charge is -2.04. The molecule has 9 heteroatoms. The number of nitrogens with zero attached hydrogens (tertiary/aromatic N) is 4. The van der Waals surface area contributed by atoms with Gasteiger partial charge in [-0.15, -0.1) is 0 Å². The van der Waals surface area contributed by atoms with Gasteiger partial charge in [0.1, 0.15) is 0 Å². The molecule has 0 aliphatic rings. The Labute approximate surface area is 159 Å². The number of aryl methyl sites for hydroxylation is 1. The minimum Gasteiger partial charge on any atom is -0.319 e. The number of aromatic nitrogens is 2. The van der Waals surface area contributed by atoms with Gasteiger partial charge in [0.15, 0.2) is 5.16 Å². The Morgan fingerprint density at radius 1 is 1.33 bits per heavy atom. The fraction of sp³-hybridized carbons (Fsp3) is 0.167. The second kappa shape index (κ2) is 8.45. The maximum absolute atomic E-state index is 12.0. The van der Waals surface area contributed by atoms with Gasteiger partial charge in [-0.3, -0.25) is 14.9 Å². The van der Waals surface area contributed by atoms with E-state index in [1.54, 1.807) is 12.1 Å². The molecular weight excluding hydrogens is 366 g/mol. The highest BCUT2D eigenvalue weighted by Crippen LogP contribution is 2.23. The van der Waals surface area contributed by atoms with Crippen molar-refractivity contribution in [2.75, 3.05) is 5.75 Å². The molecule has 1 amide bonds. The van der Waals surface area contributed by atoms with E-state index in [1.807, 2.05) is 31.2 Å². The van der Waals surface area contributed by atoms with E-state index < -0.39 is 4.92 Å². The second-order valence-corrected chi connectivity index (χ2v) is 6.50. The number of hydrazone groups is 1. The van der Waals surface area contributed by atoms with Crippen LogP contribution in [0.2, 0.25) is 0 Å². The standard InChI is InChI=1S/C18H17N5O3S/c1-2-22-16-9-4-3-8-15(16)20-18(22)27-12-17(24)21-19-11-13-6-5-7-14(10-13)23(25)26/h3-11H,2,12H2,1H3,(H,21,24)/b19-11+. The van der Waals surface area contributed by atoms with Crippen molar-refractivity contribution in [3.05, 3.63) is 64.2 Å². The van der Waals surface area contributed by atoms with Crippen LogP contribution in [-0.4, -0.2) is 32.3 Å². The molecule has 8 nitrogen and oxygen atoms in total. The number of nitrogens with one attached hydrogen (secondary N) is 1. The van der Waals surface area contributed by atoms with E-state index >= 15 is 0 Å². The van der Waals surface area contributed by atoms with Crippen molar-refractivity contribution in [3.63, 3.8) is 0 Å². The van der Waals surface area contributed by atoms with Crippen molar-refractivity contribution in [3.8, 4) is 0 Å². The molecule has 27 heavy (non-hydrogen) atoms. The number of nitro benzene ring substituents is 1. The van der Waals surface area contributed by atoms with Crippen LogP contribution < -0.4 is 5.43 Å². The molecule has 0 saturated heterocycles. The largest absolute Gasteiger partial charge is 0.319 e. The van der Waals surface area contributed by atoms with Crippen LogP contribution in [0.25, 0.3) is 11.0 Å². The fourth-order valence-electron chi connectivity index (χ4n) is 2.53. The highest BCUT2D eigenvalue weighted by atomic mass is 32.2. The first-order valence-electron chi connectivity index (χ1n) is 8.23. The molecule has 3 rings (SSSR count). The second-order valence-electron chi connectivity index (χ2n) is 5.56. The summed E-state index contributed by atoms with van der Waals surface area (Å²) in [6.07, 6.45) is 1.37. The molecule has 0 spiro atoms. The Morgan fingerprint density at radius 2 is 2.15 bits per heavy atom. The number of carbonyl (C=O) groups is 1. The zero-order chi connectivity index (χ0) is 19.2. The van der Waals surface area contributed by atoms with Crippen molar-refractivity contribution < 1.29 is 9.72 Å². The number of hydrogen-bond acceptors (Lipinski definition) is 6. The Balaban J connectivity index is 1.59. The minimum atomic E-state index is -0.480. The first-order chi connectivity index (χ1) is 13.1. The zero-order valence-corrected chi connectivity index (χ0v) is 15.3. The lowest BCUT2D eigenvalue weighted by atomic mass is 10.2. The van der Waals surface area contributed by atoms with E-state index in [0.717, 1.165) is 22.7 Å². The van der Waals surface area contributed by atoms with E-state index in [-0.39, 0.29) is 17.3 Å². The van der Waals surface area contributed by atoms with Crippen molar-refractivity contribution in [1.82, 2.24) is 15.0 Å². The number of amides is 1. The number of carbonyl (C=O) groups excluding carboxylic acids is 1. The predicted octanol–water partition coefficient (Wildman–Crippen LogP) is 3.21. The van der Waals surface area contributed by atoms with Crippen LogP contribution in [0.15, 0.2) is 58.8 Å². The van der Waals surface area contributed by atoms with Crippen LogP contribution in [0.4, 0.5) is 5.69 Å². The fourth-order valence-corrected chi connectivity index (χ4v) is 3.40. The summed E-state index contributed by atoms with van der Waals surface area (Å²) in [6.45, 7) is 2.79. The number of thioether (sulfide) groups is 1. The molecule has 0 bridgehead atoms. The van der Waals surface area contributed by atoms with Crippen LogP contribution >= 0.6 is 11.8 Å². The lowest BCUT2D eigenvalue weighted by molar-refractivity contribution is -0.384. The van der Waals surface area contributed by atoms with Crippen LogP contribution in [0.5, 0.6) is 0 Å². The number of imidazole rings is 1. The third-order valence-electron chi connectivity index (χ3n) is 3.75. The quantitative estimate of drug-likeness (QED) is 0.292. The van der Waals surface area contributed by atoms with E-state index in [9.17, 15) is 14.9 Å². The summed E-state index contributed by atoms with van der Waals surface area (Å²) in [7, 11) is 0. The van der Waals surface area contributed by atoms with Gasteiger partial charge < -0.3 is 4.57 Å². The van der Waals surface area contributed by atoms with Crippen molar-refractivity contribution in [2.24, 2.45) is 5.10 Å². The lowest BCUT2D eigenvalue weighted by Crippen LogP contribution is -2.20. The topological polar surface area (TPSA) is 102 Å². The Kier molecular flexibility index (Phi) is 5.82. The van der Waals surface area contributed by atoms with Gasteiger partial charge in [-0.2, -0.15) is 5.10 Å². The molecule has 1 aromatic heterocycles. The number of hydrogen-bond donors (Lipinski definition) is 1. The Bertz CT molecular complexity index is 1020. The summed E-state index contributed by atoms with van der Waals surface area (Å²) in [6, 6.07) is 13.8. The Hall–Kier alpha value is -3.20. The average molecular weight is 383 g/mol. The third-order valence-corrected chi connectivity index (χ3v) is 4.73. The minimum absolute atomic E-state index is 0.0284. The molecule has 0 radical (unpaired) electrons. The summed E-state index contributed by atoms with van der Waals surface area (Å²) in [4.78, 5) is 26.8. The molecule has 1 N–H and O–H groups in total. The number of para-hydroxylation sites is 2. The first kappa shape index (κ1) is 18.6. The van der Waals surface area contributed by atoms with Crippen molar-refractivity contribution >= 4 is 40.6 Å². The number of benzene rings is 2. The summed E-state index contributed by atoms with van der Waals surface area (Å²) in [5.74, 6) is -0.119. The van der Waals surface area contributed by atoms with E-state index in [0.29, 0.717) is 5.56 Å². The Morgan fingerprint density at radius 3 is 2.93 bits per heavy atom. The maximum atomic E-state index is 12.0. The average Bonchev–Trinajstić information content (AvgIpc) is 3.04. The summed E-state index contributed by atoms with van der Waals surface area (Å²) in [5.41, 5.74) is 4.86. The normalized spacial score (nSPS) is 11.1. The molecule has 0 atom stereocenters. The highest BCUT2D eigenvalue weighted by Gasteiger charge is 2.11. The molecule has 0 unspecified atom stereocenters. The van der Waals surface area contributed by atoms with Gasteiger partial charge in [-0.25, -0.2) is 10.4 Å². The molecule has 0 saturated carbocycles. The molecule has 1 heterocycles. The van der Waals surface area contributed by atoms with E-state index in [1.165, 1.54) is 30.1 Å². The van der Waals surface area contributed by atoms with Gasteiger partial charge in [0.05, 0.1) is 27.9 Å². The van der Waals surface area contributed by atoms with Gasteiger partial charge in [0, 0.05) is 24.2 Å². The number of non-ortho nitro benzene ring substituents is 1. The maximum Gasteiger partial charge on any atom is 0.270 e. The summed E-state index contributed by atoms with van der Waals surface area (Å²) >= 11 is 1.33. The number of rotatable bonds is 7. The van der Waals surface area contributed by atoms with E-state index in [2.05, 4.69) is 20.1 Å². The van der Waals surface area contributed by atoms with Crippen molar-refractivity contribution in [1.29, 1.82) is 0 Å². The monoisotopic (exact) mass is 383 g/mol. The van der Waals surface area contributed by atoms with Gasteiger partial charge in [0.2, 0.25) is 0 Å². The number of fused-ring (bicyclic) bond motifs is 1. The third kappa shape index (κ3) is 4.50. The summed E-state index contributed by atoms with van der Waals surface area (Å²) < 4.78 is 2.06. The van der Waals surface area contributed by atoms with Crippen LogP contribution in [0.1, 0.15) is 12.5 Å². The van der Waals surface area contributed by atoms with E-state index in [4.69, 9.17) is 0 Å². The highest BCUT2D eigenvalue weighted by molar-refractivity contribution is 7.99. The molecule has 0 aliphatic heterocycles. The molecule has 3 aromatic rings. The van der Waals surface area contributed by atoms with Crippen LogP contribution in [0.3, 0.4) is 0 Å². The van der Waals surface area contributed by atoms with Gasteiger partial charge >= 0.3 is 0 Å². The molecule has 2 aromatic carbocycles. The van der Waals surface area contributed by atoms with Crippen LogP contribution in [-0.2, 0) is 11.3 Å². The molecule has 0 aliphatic carbocycles. The molecular formula is C18H17N5O3S. The molecule has 138 valence electrons. The van der Waals surface area contributed by atoms with Crippen LogP contribution in [0, 0.1) is 10.1 Å². The first-order valence-corrected chi connectivity index (χ1v) is 9.21. The number of nitro groups is 1. The summed E-state index contributed by atoms with van der Waals surface area (Å²) in [5, 5.41) is 15.4. The van der Waals surface area contributed by atoms with Gasteiger partial charge in [0.25, 0.3) is 11.6 Å². The molecule has 0 fully saturated rings. The van der Waals surface area contributed by atoms with Gasteiger partial charge in [-0.05, 0) is 19.1 Å². The SMILES string of the molecule is CCn1c(SCC(=O)N/N=C/c2cccc([N+](=O)[O-])c2)nc2ccccc21. The predicted molar refractivity (Wildman–Crippen MR) is 105 cm³/mol.